The highest BCUT2D eigenvalue weighted by atomic mass is 15.1. The Balaban J connectivity index is 2.68. The lowest BCUT2D eigenvalue weighted by atomic mass is 10.4. The molecule has 0 amide bonds. The Morgan fingerprint density at radius 3 is 2.85 bits per heavy atom. The first kappa shape index (κ1) is 10.3. The van der Waals surface area contributed by atoms with Crippen molar-refractivity contribution in [2.45, 2.75) is 40.3 Å². The molecule has 13 heavy (non-hydrogen) atoms. The predicted octanol–water partition coefficient (Wildman–Crippen LogP) is 1.71. The quantitative estimate of drug-likeness (QED) is 0.749. The van der Waals surface area contributed by atoms with Crippen LogP contribution in [0, 0.1) is 6.92 Å². The Hall–Kier alpha value is -0.830. The van der Waals surface area contributed by atoms with Crippen molar-refractivity contribution in [3.8, 4) is 0 Å². The summed E-state index contributed by atoms with van der Waals surface area (Å²) < 4.78 is 2.28. The van der Waals surface area contributed by atoms with Gasteiger partial charge < -0.3 is 9.88 Å². The summed E-state index contributed by atoms with van der Waals surface area (Å²) in [6.07, 6.45) is 3.13. The summed E-state index contributed by atoms with van der Waals surface area (Å²) in [5.41, 5.74) is 1.29. The highest BCUT2D eigenvalue weighted by Crippen LogP contribution is 2.05. The molecule has 0 fully saturated rings. The van der Waals surface area contributed by atoms with E-state index in [0.717, 1.165) is 31.9 Å². The van der Waals surface area contributed by atoms with Crippen LogP contribution in [0.15, 0.2) is 6.20 Å². The Kier molecular flexibility index (Phi) is 3.96. The molecule has 74 valence electrons. The number of aromatic nitrogens is 2. The molecular formula is C10H19N3. The Labute approximate surface area is 80.2 Å². The highest BCUT2D eigenvalue weighted by molar-refractivity contribution is 5.04. The lowest BCUT2D eigenvalue weighted by Gasteiger charge is -2.08. The molecule has 0 saturated heterocycles. The predicted molar refractivity (Wildman–Crippen MR) is 54.6 cm³/mol. The van der Waals surface area contributed by atoms with Crippen molar-refractivity contribution in [2.75, 3.05) is 6.54 Å². The van der Waals surface area contributed by atoms with Crippen molar-refractivity contribution in [1.82, 2.24) is 14.9 Å². The first-order valence-corrected chi connectivity index (χ1v) is 5.01. The van der Waals surface area contributed by atoms with Crippen molar-refractivity contribution in [3.63, 3.8) is 0 Å². The molecule has 0 spiro atoms. The van der Waals surface area contributed by atoms with Crippen LogP contribution in [-0.2, 0) is 13.1 Å². The van der Waals surface area contributed by atoms with Gasteiger partial charge in [-0.3, -0.25) is 0 Å². The number of nitrogens with zero attached hydrogens (tertiary/aromatic N) is 2. The van der Waals surface area contributed by atoms with E-state index in [1.807, 2.05) is 6.20 Å². The fraction of sp³-hybridized carbons (Fsp3) is 0.700. The molecule has 0 radical (unpaired) electrons. The third-order valence-corrected chi connectivity index (χ3v) is 2.14. The zero-order chi connectivity index (χ0) is 9.68. The second-order valence-electron chi connectivity index (χ2n) is 3.23. The van der Waals surface area contributed by atoms with Gasteiger partial charge in [0.05, 0.1) is 5.69 Å². The summed E-state index contributed by atoms with van der Waals surface area (Å²) in [7, 11) is 0. The molecule has 1 rings (SSSR count). The van der Waals surface area contributed by atoms with Gasteiger partial charge in [-0.25, -0.2) is 4.98 Å². The van der Waals surface area contributed by atoms with Gasteiger partial charge in [0.1, 0.15) is 5.82 Å². The second kappa shape index (κ2) is 5.02. The van der Waals surface area contributed by atoms with E-state index in [-0.39, 0.29) is 0 Å². The maximum atomic E-state index is 4.31. The number of rotatable bonds is 5. The van der Waals surface area contributed by atoms with Crippen molar-refractivity contribution >= 4 is 0 Å². The van der Waals surface area contributed by atoms with Crippen LogP contribution < -0.4 is 5.32 Å². The minimum atomic E-state index is 0.928. The molecule has 1 aromatic rings. The molecule has 1 aromatic heterocycles. The fourth-order valence-corrected chi connectivity index (χ4v) is 1.44. The summed E-state index contributed by atoms with van der Waals surface area (Å²) in [4.78, 5) is 4.31. The van der Waals surface area contributed by atoms with Gasteiger partial charge >= 0.3 is 0 Å². The summed E-state index contributed by atoms with van der Waals surface area (Å²) >= 11 is 0. The number of hydrogen-bond donors (Lipinski definition) is 1. The third-order valence-electron chi connectivity index (χ3n) is 2.14. The zero-order valence-electron chi connectivity index (χ0n) is 8.80. The molecule has 0 saturated carbocycles. The molecule has 0 aliphatic rings. The summed E-state index contributed by atoms with van der Waals surface area (Å²) in [6.45, 7) is 9.38. The molecule has 3 heteroatoms. The molecule has 0 aromatic carbocycles. The van der Waals surface area contributed by atoms with Gasteiger partial charge in [-0.1, -0.05) is 13.8 Å². The normalized spacial score (nSPS) is 10.7. The number of aryl methyl sites for hydroxylation is 1. The van der Waals surface area contributed by atoms with Crippen LogP contribution in [0.4, 0.5) is 0 Å². The molecule has 0 bridgehead atoms. The van der Waals surface area contributed by atoms with Gasteiger partial charge in [0.2, 0.25) is 0 Å². The van der Waals surface area contributed by atoms with Crippen molar-refractivity contribution in [3.05, 3.63) is 17.7 Å². The maximum absolute atomic E-state index is 4.31. The Bertz CT molecular complexity index is 253. The molecule has 0 atom stereocenters. The summed E-state index contributed by atoms with van der Waals surface area (Å²) in [5, 5.41) is 3.32. The van der Waals surface area contributed by atoms with E-state index in [9.17, 15) is 0 Å². The monoisotopic (exact) mass is 181 g/mol. The first-order valence-electron chi connectivity index (χ1n) is 5.01. The molecule has 1 heterocycles. The molecule has 3 nitrogen and oxygen atoms in total. The van der Waals surface area contributed by atoms with E-state index < -0.39 is 0 Å². The van der Waals surface area contributed by atoms with Gasteiger partial charge in [0.15, 0.2) is 0 Å². The average Bonchev–Trinajstić information content (AvgIpc) is 2.46. The van der Waals surface area contributed by atoms with Crippen molar-refractivity contribution in [1.29, 1.82) is 0 Å². The SMILES string of the molecule is CCCn1c(CNCC)cnc1C. The number of nitrogens with one attached hydrogen (secondary N) is 1. The largest absolute Gasteiger partial charge is 0.331 e. The van der Waals surface area contributed by atoms with E-state index in [4.69, 9.17) is 0 Å². The fourth-order valence-electron chi connectivity index (χ4n) is 1.44. The zero-order valence-corrected chi connectivity index (χ0v) is 8.80. The molecule has 0 unspecified atom stereocenters. The Morgan fingerprint density at radius 2 is 2.23 bits per heavy atom. The molecule has 1 N–H and O–H groups in total. The lowest BCUT2D eigenvalue weighted by Crippen LogP contribution is -2.15. The minimum Gasteiger partial charge on any atom is -0.331 e. The van der Waals surface area contributed by atoms with Gasteiger partial charge in [0, 0.05) is 19.3 Å². The maximum Gasteiger partial charge on any atom is 0.105 e. The molecule has 0 aliphatic carbocycles. The highest BCUT2D eigenvalue weighted by Gasteiger charge is 2.03. The lowest BCUT2D eigenvalue weighted by molar-refractivity contribution is 0.598. The van der Waals surface area contributed by atoms with E-state index in [1.165, 1.54) is 5.69 Å². The molecule has 0 aliphatic heterocycles. The van der Waals surface area contributed by atoms with Crippen LogP contribution in [-0.4, -0.2) is 16.1 Å². The smallest absolute Gasteiger partial charge is 0.105 e. The van der Waals surface area contributed by atoms with E-state index >= 15 is 0 Å². The average molecular weight is 181 g/mol. The van der Waals surface area contributed by atoms with Crippen LogP contribution in [0.1, 0.15) is 31.8 Å². The van der Waals surface area contributed by atoms with E-state index in [0.29, 0.717) is 0 Å². The van der Waals surface area contributed by atoms with Gasteiger partial charge in [-0.05, 0) is 19.9 Å². The van der Waals surface area contributed by atoms with Gasteiger partial charge in [0.25, 0.3) is 0 Å². The summed E-state index contributed by atoms with van der Waals surface area (Å²) in [6, 6.07) is 0. The van der Waals surface area contributed by atoms with Crippen molar-refractivity contribution in [2.24, 2.45) is 0 Å². The minimum absolute atomic E-state index is 0.928. The first-order chi connectivity index (χ1) is 6.29. The number of imidazole rings is 1. The van der Waals surface area contributed by atoms with Crippen molar-refractivity contribution < 1.29 is 0 Å². The second-order valence-corrected chi connectivity index (χ2v) is 3.23. The molecular weight excluding hydrogens is 162 g/mol. The number of hydrogen-bond acceptors (Lipinski definition) is 2. The van der Waals surface area contributed by atoms with Crippen LogP contribution in [0.5, 0.6) is 0 Å². The van der Waals surface area contributed by atoms with Crippen LogP contribution in [0.2, 0.25) is 0 Å². The third kappa shape index (κ3) is 2.56. The van der Waals surface area contributed by atoms with Gasteiger partial charge in [-0.2, -0.15) is 0 Å². The van der Waals surface area contributed by atoms with Gasteiger partial charge in [-0.15, -0.1) is 0 Å². The van der Waals surface area contributed by atoms with E-state index in [2.05, 4.69) is 35.6 Å². The van der Waals surface area contributed by atoms with Crippen LogP contribution in [0.25, 0.3) is 0 Å². The standard InChI is InChI=1S/C10H19N3/c1-4-6-13-9(3)12-8-10(13)7-11-5-2/h8,11H,4-7H2,1-3H3. The van der Waals surface area contributed by atoms with Crippen LogP contribution in [0.3, 0.4) is 0 Å². The van der Waals surface area contributed by atoms with E-state index in [1.54, 1.807) is 0 Å². The van der Waals surface area contributed by atoms with Crippen LogP contribution >= 0.6 is 0 Å². The topological polar surface area (TPSA) is 29.9 Å². The summed E-state index contributed by atoms with van der Waals surface area (Å²) in [5.74, 6) is 1.12. The Morgan fingerprint density at radius 1 is 1.46 bits per heavy atom.